The molecule has 2 aromatic rings. The molecule has 1 aliphatic carbocycles. The minimum atomic E-state index is -0.0152. The molecule has 4 rings (SSSR count). The first-order valence-corrected chi connectivity index (χ1v) is 11.9. The topological polar surface area (TPSA) is 66.1 Å². The Balaban J connectivity index is 1.44. The third-order valence-corrected chi connectivity index (χ3v) is 7.88. The number of carbonyl (C=O) groups excluding carboxylic acids is 1. The molecule has 27 heavy (non-hydrogen) atoms. The molecule has 0 unspecified atom stereocenters. The summed E-state index contributed by atoms with van der Waals surface area (Å²) in [6.45, 7) is 5.28. The van der Waals surface area contributed by atoms with Gasteiger partial charge in [0.15, 0.2) is 0 Å². The molecule has 0 aromatic carbocycles. The highest BCUT2D eigenvalue weighted by Crippen LogP contribution is 2.35. The van der Waals surface area contributed by atoms with Crippen molar-refractivity contribution in [2.45, 2.75) is 64.2 Å². The van der Waals surface area contributed by atoms with Gasteiger partial charge >= 0.3 is 0 Å². The maximum absolute atomic E-state index is 12.6. The first kappa shape index (κ1) is 19.0. The van der Waals surface area contributed by atoms with Gasteiger partial charge in [0.25, 0.3) is 5.56 Å². The summed E-state index contributed by atoms with van der Waals surface area (Å²) < 4.78 is 0. The van der Waals surface area contributed by atoms with Crippen LogP contribution in [0.1, 0.15) is 55.8 Å². The van der Waals surface area contributed by atoms with E-state index < -0.39 is 0 Å². The van der Waals surface area contributed by atoms with Gasteiger partial charge in [-0.15, -0.1) is 23.1 Å². The Bertz CT molecular complexity index is 904. The Morgan fingerprint density at radius 2 is 2.19 bits per heavy atom. The molecule has 1 saturated heterocycles. The standard InChI is InChI=1S/C20H27N3O2S2/c1-12-6-7-14-15(9-12)27-20-18(14)19(25)21-16(22-20)10-26-11-17(24)23-8-4-3-5-13(23)2/h12-13H,3-11H2,1-2H3,(H,21,22,25)/t12-,13+/m0/s1. The molecule has 1 amide bonds. The zero-order chi connectivity index (χ0) is 19.0. The number of amides is 1. The van der Waals surface area contributed by atoms with E-state index in [9.17, 15) is 9.59 Å². The summed E-state index contributed by atoms with van der Waals surface area (Å²) in [6, 6.07) is 0.348. The maximum Gasteiger partial charge on any atom is 0.259 e. The Morgan fingerprint density at radius 3 is 3.00 bits per heavy atom. The Morgan fingerprint density at radius 1 is 1.33 bits per heavy atom. The van der Waals surface area contributed by atoms with Gasteiger partial charge in [-0.25, -0.2) is 4.98 Å². The fourth-order valence-electron chi connectivity index (χ4n) is 4.25. The number of nitrogens with zero attached hydrogens (tertiary/aromatic N) is 2. The number of rotatable bonds is 4. The number of nitrogens with one attached hydrogen (secondary N) is 1. The van der Waals surface area contributed by atoms with E-state index in [1.807, 2.05) is 4.90 Å². The number of carbonyl (C=O) groups is 1. The molecule has 0 spiro atoms. The molecule has 3 heterocycles. The van der Waals surface area contributed by atoms with Crippen LogP contribution in [0.5, 0.6) is 0 Å². The van der Waals surface area contributed by atoms with Crippen molar-refractivity contribution < 1.29 is 4.79 Å². The third kappa shape index (κ3) is 3.94. The van der Waals surface area contributed by atoms with Gasteiger partial charge in [0.1, 0.15) is 10.7 Å². The molecule has 7 heteroatoms. The van der Waals surface area contributed by atoms with Gasteiger partial charge < -0.3 is 9.88 Å². The summed E-state index contributed by atoms with van der Waals surface area (Å²) in [5.41, 5.74) is 1.20. The number of hydrogen-bond acceptors (Lipinski definition) is 5. The van der Waals surface area contributed by atoms with Gasteiger partial charge in [-0.05, 0) is 56.9 Å². The monoisotopic (exact) mass is 405 g/mol. The summed E-state index contributed by atoms with van der Waals surface area (Å²) in [4.78, 5) is 36.9. The fourth-order valence-corrected chi connectivity index (χ4v) is 6.42. The Labute approximate surface area is 167 Å². The number of aryl methyl sites for hydroxylation is 1. The van der Waals surface area contributed by atoms with Crippen LogP contribution >= 0.6 is 23.1 Å². The van der Waals surface area contributed by atoms with Gasteiger partial charge in [-0.2, -0.15) is 0 Å². The second-order valence-corrected chi connectivity index (χ2v) is 10.0. The van der Waals surface area contributed by atoms with E-state index >= 15 is 0 Å². The number of H-pyrrole nitrogens is 1. The molecule has 1 fully saturated rings. The minimum Gasteiger partial charge on any atom is -0.339 e. The van der Waals surface area contributed by atoms with Crippen LogP contribution in [0.2, 0.25) is 0 Å². The van der Waals surface area contributed by atoms with Gasteiger partial charge in [0.2, 0.25) is 5.91 Å². The number of aromatic amines is 1. The van der Waals surface area contributed by atoms with Crippen molar-refractivity contribution in [3.63, 3.8) is 0 Å². The average Bonchev–Trinajstić information content (AvgIpc) is 2.99. The number of aromatic nitrogens is 2. The number of thioether (sulfide) groups is 1. The summed E-state index contributed by atoms with van der Waals surface area (Å²) in [5.74, 6) is 2.59. The lowest BCUT2D eigenvalue weighted by Crippen LogP contribution is -2.42. The number of thiophene rings is 1. The highest BCUT2D eigenvalue weighted by molar-refractivity contribution is 7.99. The highest BCUT2D eigenvalue weighted by Gasteiger charge is 2.24. The first-order valence-electron chi connectivity index (χ1n) is 9.93. The van der Waals surface area contributed by atoms with Crippen LogP contribution in [-0.2, 0) is 23.4 Å². The van der Waals surface area contributed by atoms with E-state index in [0.717, 1.165) is 48.9 Å². The molecule has 146 valence electrons. The maximum atomic E-state index is 12.6. The number of fused-ring (bicyclic) bond motifs is 3. The van der Waals surface area contributed by atoms with E-state index in [1.54, 1.807) is 23.1 Å². The number of hydrogen-bond donors (Lipinski definition) is 1. The fraction of sp³-hybridized carbons (Fsp3) is 0.650. The largest absolute Gasteiger partial charge is 0.339 e. The van der Waals surface area contributed by atoms with Crippen molar-refractivity contribution in [2.75, 3.05) is 12.3 Å². The smallest absolute Gasteiger partial charge is 0.259 e. The van der Waals surface area contributed by atoms with Gasteiger partial charge in [-0.3, -0.25) is 9.59 Å². The number of piperidine rings is 1. The van der Waals surface area contributed by atoms with Crippen molar-refractivity contribution in [3.05, 3.63) is 26.6 Å². The van der Waals surface area contributed by atoms with Crippen molar-refractivity contribution in [2.24, 2.45) is 5.92 Å². The molecule has 0 radical (unpaired) electrons. The van der Waals surface area contributed by atoms with Crippen LogP contribution in [0.25, 0.3) is 10.2 Å². The van der Waals surface area contributed by atoms with Gasteiger partial charge in [0.05, 0.1) is 16.9 Å². The lowest BCUT2D eigenvalue weighted by molar-refractivity contribution is -0.131. The third-order valence-electron chi connectivity index (χ3n) is 5.80. The summed E-state index contributed by atoms with van der Waals surface area (Å²) in [7, 11) is 0. The summed E-state index contributed by atoms with van der Waals surface area (Å²) in [6.07, 6.45) is 6.61. The Hall–Kier alpha value is -1.34. The van der Waals surface area contributed by atoms with Crippen molar-refractivity contribution in [3.8, 4) is 0 Å². The van der Waals surface area contributed by atoms with E-state index in [0.29, 0.717) is 29.3 Å². The molecule has 2 aromatic heterocycles. The van der Waals surface area contributed by atoms with Crippen LogP contribution in [0.15, 0.2) is 4.79 Å². The molecule has 0 bridgehead atoms. The zero-order valence-electron chi connectivity index (χ0n) is 16.0. The summed E-state index contributed by atoms with van der Waals surface area (Å²) >= 11 is 3.22. The normalized spacial score (nSPS) is 22.8. The molecule has 1 aliphatic heterocycles. The molecule has 5 nitrogen and oxygen atoms in total. The van der Waals surface area contributed by atoms with Crippen LogP contribution in [-0.4, -0.2) is 39.1 Å². The predicted molar refractivity (Wildman–Crippen MR) is 113 cm³/mol. The average molecular weight is 406 g/mol. The minimum absolute atomic E-state index is 0.0152. The second-order valence-electron chi connectivity index (χ2n) is 7.97. The molecule has 1 N–H and O–H groups in total. The SMILES string of the molecule is C[C@H]1CCc2c(sc3nc(CSCC(=O)N4CCCC[C@H]4C)[nH]c(=O)c23)C1. The van der Waals surface area contributed by atoms with E-state index in [-0.39, 0.29) is 11.5 Å². The number of likely N-dealkylation sites (tertiary alicyclic amines) is 1. The predicted octanol–water partition coefficient (Wildman–Crippen LogP) is 3.74. The van der Waals surface area contributed by atoms with E-state index in [1.165, 1.54) is 16.9 Å². The molecule has 2 aliphatic rings. The van der Waals surface area contributed by atoms with Gasteiger partial charge in [-0.1, -0.05) is 6.92 Å². The second kappa shape index (κ2) is 7.95. The molecular formula is C20H27N3O2S2. The van der Waals surface area contributed by atoms with Crippen molar-refractivity contribution >= 4 is 39.2 Å². The highest BCUT2D eigenvalue weighted by atomic mass is 32.2. The van der Waals surface area contributed by atoms with Crippen molar-refractivity contribution in [1.29, 1.82) is 0 Å². The molecule has 0 saturated carbocycles. The van der Waals surface area contributed by atoms with Crippen LogP contribution in [0.3, 0.4) is 0 Å². The molecular weight excluding hydrogens is 378 g/mol. The van der Waals surface area contributed by atoms with Gasteiger partial charge in [0, 0.05) is 17.5 Å². The lowest BCUT2D eigenvalue weighted by Gasteiger charge is -2.33. The summed E-state index contributed by atoms with van der Waals surface area (Å²) in [5, 5.41) is 0.800. The zero-order valence-corrected chi connectivity index (χ0v) is 17.7. The Kier molecular flexibility index (Phi) is 5.60. The molecule has 2 atom stereocenters. The van der Waals surface area contributed by atoms with Crippen molar-refractivity contribution in [1.82, 2.24) is 14.9 Å². The van der Waals surface area contributed by atoms with Crippen LogP contribution < -0.4 is 5.56 Å². The van der Waals surface area contributed by atoms with E-state index in [2.05, 4.69) is 18.8 Å². The van der Waals surface area contributed by atoms with Crippen LogP contribution in [0.4, 0.5) is 0 Å². The first-order chi connectivity index (χ1) is 13.0. The quantitative estimate of drug-likeness (QED) is 0.841. The lowest BCUT2D eigenvalue weighted by atomic mass is 9.89. The van der Waals surface area contributed by atoms with Crippen LogP contribution in [0, 0.1) is 5.92 Å². The van der Waals surface area contributed by atoms with E-state index in [4.69, 9.17) is 4.98 Å².